The number of carbonyl (C=O) groups is 1. The summed E-state index contributed by atoms with van der Waals surface area (Å²) in [5, 5.41) is 6.83. The number of nitrogens with one attached hydrogen (secondary N) is 3. The lowest BCUT2D eigenvalue weighted by Gasteiger charge is -2.33. The molecule has 0 spiro atoms. The van der Waals surface area contributed by atoms with E-state index in [1.165, 1.54) is 0 Å². The fraction of sp³-hybridized carbons (Fsp3) is 0.208. The molecular weight excluding hydrogens is 430 g/mol. The van der Waals surface area contributed by atoms with E-state index in [1.807, 2.05) is 47.2 Å². The number of carbonyl (C=O) groups excluding carboxylic acids is 1. The smallest absolute Gasteiger partial charge is 0.348 e. The number of aromatic amines is 2. The number of anilines is 2. The van der Waals surface area contributed by atoms with Crippen LogP contribution < -0.4 is 14.7 Å². The average molecular weight is 455 g/mol. The number of likely N-dealkylation sites (N-methyl/N-ethyl adjacent to an activating group) is 1. The van der Waals surface area contributed by atoms with Gasteiger partial charge in [0, 0.05) is 55.6 Å². The average Bonchev–Trinajstić information content (AvgIpc) is 3.51. The number of piperazine rings is 1. The van der Waals surface area contributed by atoms with Crippen LogP contribution in [-0.2, 0) is 0 Å². The van der Waals surface area contributed by atoms with Crippen LogP contribution in [0.4, 0.5) is 11.5 Å². The molecule has 6 heterocycles. The van der Waals surface area contributed by atoms with Crippen molar-refractivity contribution < 1.29 is 9.31 Å². The van der Waals surface area contributed by atoms with Gasteiger partial charge in [0.05, 0.1) is 17.4 Å². The fourth-order valence-corrected chi connectivity index (χ4v) is 4.27. The summed E-state index contributed by atoms with van der Waals surface area (Å²) in [6.45, 7) is 3.94. The summed E-state index contributed by atoms with van der Waals surface area (Å²) < 4.78 is 1.83. The molecule has 0 aliphatic carbocycles. The Hall–Kier alpha value is -4.31. The van der Waals surface area contributed by atoms with Crippen LogP contribution in [0.25, 0.3) is 27.8 Å². The molecule has 6 rings (SSSR count). The van der Waals surface area contributed by atoms with E-state index in [2.05, 4.69) is 47.2 Å². The molecule has 170 valence electrons. The van der Waals surface area contributed by atoms with Crippen molar-refractivity contribution in [3.05, 3.63) is 67.0 Å². The number of hydrogen-bond acceptors (Lipinski definition) is 6. The van der Waals surface area contributed by atoms with Crippen LogP contribution in [0.2, 0.25) is 0 Å². The monoisotopic (exact) mass is 454 g/mol. The van der Waals surface area contributed by atoms with E-state index in [0.29, 0.717) is 11.3 Å². The summed E-state index contributed by atoms with van der Waals surface area (Å²) in [7, 11) is 2.13. The third-order valence-corrected chi connectivity index (χ3v) is 6.27. The Morgan fingerprint density at radius 2 is 1.94 bits per heavy atom. The van der Waals surface area contributed by atoms with Crippen molar-refractivity contribution >= 4 is 34.1 Å². The number of aromatic nitrogens is 6. The largest absolute Gasteiger partial charge is 0.354 e. The predicted molar refractivity (Wildman–Crippen MR) is 129 cm³/mol. The first-order valence-corrected chi connectivity index (χ1v) is 11.2. The molecule has 0 saturated carbocycles. The van der Waals surface area contributed by atoms with Crippen LogP contribution in [0, 0.1) is 0 Å². The highest BCUT2D eigenvalue weighted by Crippen LogP contribution is 2.28. The van der Waals surface area contributed by atoms with Gasteiger partial charge in [-0.05, 0) is 41.9 Å². The zero-order valence-electron chi connectivity index (χ0n) is 18.7. The van der Waals surface area contributed by atoms with Gasteiger partial charge < -0.3 is 20.1 Å². The zero-order valence-corrected chi connectivity index (χ0v) is 18.7. The van der Waals surface area contributed by atoms with Gasteiger partial charge in [0.15, 0.2) is 0 Å². The van der Waals surface area contributed by atoms with Gasteiger partial charge in [-0.1, -0.05) is 0 Å². The van der Waals surface area contributed by atoms with Crippen molar-refractivity contribution in [1.82, 2.24) is 29.9 Å². The van der Waals surface area contributed by atoms with Crippen molar-refractivity contribution in [3.8, 4) is 11.1 Å². The van der Waals surface area contributed by atoms with E-state index in [0.717, 1.165) is 59.8 Å². The van der Waals surface area contributed by atoms with Crippen LogP contribution >= 0.6 is 0 Å². The Kier molecular flexibility index (Phi) is 4.92. The highest BCUT2D eigenvalue weighted by molar-refractivity contribution is 6.07. The normalized spacial score (nSPS) is 14.7. The van der Waals surface area contributed by atoms with Crippen LogP contribution in [0.1, 0.15) is 10.4 Å². The van der Waals surface area contributed by atoms with E-state index >= 15 is 0 Å². The molecule has 1 amide bonds. The lowest BCUT2D eigenvalue weighted by Crippen LogP contribution is -2.44. The number of hydrogen-bond donors (Lipinski definition) is 3. The molecule has 1 aliphatic heterocycles. The van der Waals surface area contributed by atoms with E-state index < -0.39 is 0 Å². The summed E-state index contributed by atoms with van der Waals surface area (Å²) in [5.74, 6) is 0.701. The first-order valence-electron chi connectivity index (χ1n) is 11.2. The second-order valence-corrected chi connectivity index (χ2v) is 8.50. The highest BCUT2D eigenvalue weighted by atomic mass is 16.1. The Morgan fingerprint density at radius 1 is 1.06 bits per heavy atom. The number of amides is 1. The van der Waals surface area contributed by atoms with Gasteiger partial charge in [0.2, 0.25) is 6.33 Å². The summed E-state index contributed by atoms with van der Waals surface area (Å²) in [4.78, 5) is 34.0. The Labute approximate surface area is 195 Å². The molecule has 3 N–H and O–H groups in total. The molecule has 1 fully saturated rings. The first kappa shape index (κ1) is 20.3. The predicted octanol–water partition coefficient (Wildman–Crippen LogP) is 2.09. The van der Waals surface area contributed by atoms with Crippen LogP contribution in [-0.4, -0.2) is 69.1 Å². The molecule has 5 aromatic heterocycles. The van der Waals surface area contributed by atoms with E-state index in [1.54, 1.807) is 18.7 Å². The summed E-state index contributed by atoms with van der Waals surface area (Å²) in [6, 6.07) is 9.68. The topological polar surface area (TPSA) is 110 Å². The molecule has 0 aromatic carbocycles. The summed E-state index contributed by atoms with van der Waals surface area (Å²) in [6.07, 6.45) is 8.75. The molecule has 0 radical (unpaired) electrons. The van der Waals surface area contributed by atoms with Crippen molar-refractivity contribution in [2.75, 3.05) is 43.4 Å². The number of rotatable bonds is 4. The molecule has 1 saturated heterocycles. The molecule has 10 nitrogen and oxygen atoms in total. The van der Waals surface area contributed by atoms with Crippen LogP contribution in [0.15, 0.2) is 61.4 Å². The summed E-state index contributed by atoms with van der Waals surface area (Å²) >= 11 is 0. The van der Waals surface area contributed by atoms with Gasteiger partial charge in [-0.15, -0.1) is 4.52 Å². The number of pyridine rings is 3. The Balaban J connectivity index is 1.22. The first-order chi connectivity index (χ1) is 16.6. The number of fused-ring (bicyclic) bond motifs is 2. The second-order valence-electron chi connectivity index (χ2n) is 8.50. The van der Waals surface area contributed by atoms with Gasteiger partial charge in [-0.2, -0.15) is 5.10 Å². The van der Waals surface area contributed by atoms with Gasteiger partial charge in [0.25, 0.3) is 5.91 Å². The lowest BCUT2D eigenvalue weighted by atomic mass is 10.1. The van der Waals surface area contributed by atoms with Gasteiger partial charge in [0.1, 0.15) is 17.7 Å². The quantitative estimate of drug-likeness (QED) is 0.359. The number of H-pyrrole nitrogens is 2. The van der Waals surface area contributed by atoms with Crippen LogP contribution in [0.3, 0.4) is 0 Å². The maximum absolute atomic E-state index is 13.0. The molecule has 34 heavy (non-hydrogen) atoms. The molecule has 5 aromatic rings. The van der Waals surface area contributed by atoms with E-state index in [4.69, 9.17) is 0 Å². The molecular formula is C24H24N9O+. The maximum Gasteiger partial charge on any atom is 0.348 e. The second kappa shape index (κ2) is 8.23. The molecule has 0 bridgehead atoms. The van der Waals surface area contributed by atoms with Crippen molar-refractivity contribution in [1.29, 1.82) is 0 Å². The highest BCUT2D eigenvalue weighted by Gasteiger charge is 2.17. The molecule has 1 aliphatic rings. The van der Waals surface area contributed by atoms with Crippen LogP contribution in [0.5, 0.6) is 0 Å². The van der Waals surface area contributed by atoms with Crippen molar-refractivity contribution in [2.24, 2.45) is 0 Å². The van der Waals surface area contributed by atoms with Crippen molar-refractivity contribution in [3.63, 3.8) is 0 Å². The lowest BCUT2D eigenvalue weighted by molar-refractivity contribution is -0.577. The third kappa shape index (κ3) is 3.73. The summed E-state index contributed by atoms with van der Waals surface area (Å²) in [5.41, 5.74) is 4.60. The van der Waals surface area contributed by atoms with Gasteiger partial charge in [-0.3, -0.25) is 4.79 Å². The zero-order chi connectivity index (χ0) is 23.1. The fourth-order valence-electron chi connectivity index (χ4n) is 4.27. The minimum absolute atomic E-state index is 0.228. The van der Waals surface area contributed by atoms with Gasteiger partial charge in [-0.25, -0.2) is 9.97 Å². The Morgan fingerprint density at radius 3 is 2.76 bits per heavy atom. The Bertz CT molecular complexity index is 1480. The minimum atomic E-state index is -0.228. The van der Waals surface area contributed by atoms with Crippen molar-refractivity contribution in [2.45, 2.75) is 0 Å². The molecule has 10 heteroatoms. The SMILES string of the molecule is CN1CCN(c2ccc(NC(=O)c3cnc4[nH]cc(-c5cc[n+]6[nH]cnc6c5)c4c3)cn2)CC1. The maximum atomic E-state index is 13.0. The molecule has 0 unspecified atom stereocenters. The molecule has 0 atom stereocenters. The number of nitrogens with zero attached hydrogens (tertiary/aromatic N) is 6. The standard InChI is InChI=1S/C24H23N9O/c1-31-6-8-32(9-7-31)21-3-2-18(13-25-21)30-24(34)17-10-19-20(14-27-23(19)26-12-17)16-4-5-33-22(11-16)28-15-29-33/h2-5,10-15H,6-9H2,1H3,(H2,26,27,28,29,30,34)/p+1. The van der Waals surface area contributed by atoms with E-state index in [-0.39, 0.29) is 5.91 Å². The third-order valence-electron chi connectivity index (χ3n) is 6.27. The minimum Gasteiger partial charge on any atom is -0.354 e. The van der Waals surface area contributed by atoms with Gasteiger partial charge >= 0.3 is 5.65 Å². The van der Waals surface area contributed by atoms with E-state index in [9.17, 15) is 4.79 Å².